The molecule has 0 aliphatic carbocycles. The molecule has 8 heteroatoms. The van der Waals surface area contributed by atoms with Gasteiger partial charge in [0.05, 0.1) is 11.6 Å². The smallest absolute Gasteiger partial charge is 0.128 e. The zero-order chi connectivity index (χ0) is 50.3. The summed E-state index contributed by atoms with van der Waals surface area (Å²) >= 11 is 0. The topological polar surface area (TPSA) is 125 Å². The lowest BCUT2D eigenvalue weighted by Gasteiger charge is -2.17. The van der Waals surface area contributed by atoms with E-state index < -0.39 is 0 Å². The Morgan fingerprint density at radius 2 is 0.716 bits per heavy atom. The van der Waals surface area contributed by atoms with Crippen LogP contribution < -0.4 is 22.1 Å². The molecule has 2 aliphatic rings. The van der Waals surface area contributed by atoms with Gasteiger partial charge in [0.25, 0.3) is 0 Å². The first-order chi connectivity index (χ1) is 36.1. The number of nitriles is 1. The summed E-state index contributed by atoms with van der Waals surface area (Å²) < 4.78 is 0. The molecule has 9 aromatic rings. The lowest BCUT2D eigenvalue weighted by molar-refractivity contribution is 0.741. The van der Waals surface area contributed by atoms with Gasteiger partial charge in [-0.25, -0.2) is 0 Å². The number of amidine groups is 2. The Morgan fingerprint density at radius 1 is 0.392 bits per heavy atom. The van der Waals surface area contributed by atoms with Crippen molar-refractivity contribution in [3.63, 3.8) is 0 Å². The molecule has 0 fully saturated rings. The van der Waals surface area contributed by atoms with Crippen molar-refractivity contribution in [1.29, 1.82) is 5.26 Å². The van der Waals surface area contributed by atoms with Crippen LogP contribution in [0.15, 0.2) is 210 Å². The van der Waals surface area contributed by atoms with E-state index in [0.717, 1.165) is 120 Å². The van der Waals surface area contributed by atoms with Crippen LogP contribution in [0.3, 0.4) is 0 Å². The Morgan fingerprint density at radius 3 is 1.09 bits per heavy atom. The third-order valence-electron chi connectivity index (χ3n) is 13.5. The molecule has 74 heavy (non-hydrogen) atoms. The zero-order valence-electron chi connectivity index (χ0n) is 42.7. The molecule has 2 heterocycles. The second kappa shape index (κ2) is 29.2. The highest BCUT2D eigenvalue weighted by Crippen LogP contribution is 2.24. The van der Waals surface area contributed by atoms with Crippen LogP contribution in [0, 0.1) is 11.3 Å². The lowest BCUT2D eigenvalue weighted by Crippen LogP contribution is -2.31. The van der Waals surface area contributed by atoms with Crippen LogP contribution in [0.25, 0.3) is 32.3 Å². The van der Waals surface area contributed by atoms with Crippen LogP contribution in [0.1, 0.15) is 69.3 Å². The van der Waals surface area contributed by atoms with E-state index in [1.165, 1.54) is 71.3 Å². The van der Waals surface area contributed by atoms with Gasteiger partial charge in [-0.1, -0.05) is 194 Å². The van der Waals surface area contributed by atoms with Gasteiger partial charge in [0, 0.05) is 37.3 Å². The van der Waals surface area contributed by atoms with E-state index in [0.29, 0.717) is 0 Å². The minimum absolute atomic E-state index is 0. The molecule has 6 N–H and O–H groups in total. The molecule has 0 radical (unpaired) electrons. The van der Waals surface area contributed by atoms with Crippen LogP contribution in [-0.4, -0.2) is 50.9 Å². The van der Waals surface area contributed by atoms with E-state index in [2.05, 4.69) is 203 Å². The molecule has 0 bridgehead atoms. The summed E-state index contributed by atoms with van der Waals surface area (Å²) in [4.78, 5) is 9.34. The second-order valence-corrected chi connectivity index (χ2v) is 18.5. The van der Waals surface area contributed by atoms with Gasteiger partial charge >= 0.3 is 0 Å². The van der Waals surface area contributed by atoms with Crippen molar-refractivity contribution >= 4 is 57.5 Å². The molecular formula is C66H71N7S. The Bertz CT molecular complexity index is 3130. The number of benzene rings is 9. The molecule has 0 atom stereocenters. The lowest BCUT2D eigenvalue weighted by atomic mass is 9.96. The molecule has 376 valence electrons. The van der Waals surface area contributed by atoms with Gasteiger partial charge in [-0.05, 0) is 143 Å². The summed E-state index contributed by atoms with van der Waals surface area (Å²) in [7, 11) is 0. The first-order valence-electron chi connectivity index (χ1n) is 26.1. The molecule has 0 saturated carbocycles. The van der Waals surface area contributed by atoms with Crippen LogP contribution in [0.2, 0.25) is 0 Å². The highest BCUT2D eigenvalue weighted by Gasteiger charge is 2.14. The van der Waals surface area contributed by atoms with Crippen molar-refractivity contribution in [2.45, 2.75) is 57.8 Å². The number of fused-ring (bicyclic) bond motifs is 3. The van der Waals surface area contributed by atoms with E-state index in [4.69, 9.17) is 16.7 Å². The quantitative estimate of drug-likeness (QED) is 0.0916. The Balaban J connectivity index is 0.000000155. The Kier molecular flexibility index (Phi) is 21.4. The number of nitrogens with two attached hydrogens (primary N) is 2. The monoisotopic (exact) mass is 994 g/mol. The zero-order valence-corrected chi connectivity index (χ0v) is 43.7. The molecule has 9 aromatic carbocycles. The predicted octanol–water partition coefficient (Wildman–Crippen LogP) is 12.6. The average molecular weight is 994 g/mol. The van der Waals surface area contributed by atoms with Crippen LogP contribution >= 0.6 is 13.5 Å². The van der Waals surface area contributed by atoms with Gasteiger partial charge < -0.3 is 22.1 Å². The Labute approximate surface area is 445 Å². The van der Waals surface area contributed by atoms with Gasteiger partial charge in [0.1, 0.15) is 11.7 Å². The van der Waals surface area contributed by atoms with Crippen LogP contribution in [-0.2, 0) is 38.5 Å². The second-order valence-electron chi connectivity index (χ2n) is 18.5. The molecule has 2 aliphatic heterocycles. The number of hydrogen-bond acceptors (Lipinski definition) is 7. The van der Waals surface area contributed by atoms with Crippen molar-refractivity contribution in [3.8, 4) is 6.07 Å². The molecule has 0 aromatic heterocycles. The maximum atomic E-state index is 9.14. The summed E-state index contributed by atoms with van der Waals surface area (Å²) in [6.07, 6.45) is 9.22. The van der Waals surface area contributed by atoms with Crippen molar-refractivity contribution in [2.24, 2.45) is 21.5 Å². The van der Waals surface area contributed by atoms with E-state index in [9.17, 15) is 0 Å². The fourth-order valence-corrected chi connectivity index (χ4v) is 9.67. The number of hydrogen-bond donors (Lipinski definition) is 4. The van der Waals surface area contributed by atoms with E-state index in [-0.39, 0.29) is 13.5 Å². The molecule has 7 nitrogen and oxygen atoms in total. The number of aryl methyl sites for hydroxylation is 6. The predicted molar refractivity (Wildman–Crippen MR) is 319 cm³/mol. The van der Waals surface area contributed by atoms with Crippen molar-refractivity contribution in [3.05, 3.63) is 250 Å². The van der Waals surface area contributed by atoms with Crippen molar-refractivity contribution < 1.29 is 0 Å². The fraction of sp³-hybridized carbons (Fsp3) is 0.227. The average Bonchev–Trinajstić information content (AvgIpc) is 3.47. The van der Waals surface area contributed by atoms with Crippen molar-refractivity contribution in [2.75, 3.05) is 39.3 Å². The van der Waals surface area contributed by atoms with Gasteiger partial charge in [-0.3, -0.25) is 9.98 Å². The highest BCUT2D eigenvalue weighted by atomic mass is 32.1. The molecule has 0 unspecified atom stereocenters. The first kappa shape index (κ1) is 54.2. The van der Waals surface area contributed by atoms with Gasteiger partial charge in [0.15, 0.2) is 0 Å². The number of nitrogens with one attached hydrogen (secondary N) is 2. The minimum atomic E-state index is 0. The molecule has 11 rings (SSSR count). The standard InChI is InChI=1S/2C22H22N2.C19H15N.C3H10N2.H2S/c2*1-3-11-20-17(7-1)9-5-10-18(20)13-14-19-8-2-4-12-21(19)22-23-15-6-16-24-22;20-14-18-8-2-1-6-15(18)12-13-17-10-5-9-16-7-3-4-11-19(16)17;4-2-1-3-5;/h2*1-5,7-12H,6,13-16H2,(H,23,24);1-11H,12-13H2;1-5H2;1H2. The maximum absolute atomic E-state index is 9.14. The third kappa shape index (κ3) is 15.0. The highest BCUT2D eigenvalue weighted by molar-refractivity contribution is 7.59. The number of aliphatic imine (C=N–C) groups is 2. The summed E-state index contributed by atoms with van der Waals surface area (Å²) in [5.41, 5.74) is 21.5. The summed E-state index contributed by atoms with van der Waals surface area (Å²) in [6.45, 7) is 5.35. The van der Waals surface area contributed by atoms with Crippen molar-refractivity contribution in [1.82, 2.24) is 10.6 Å². The van der Waals surface area contributed by atoms with Crippen LogP contribution in [0.4, 0.5) is 0 Å². The summed E-state index contributed by atoms with van der Waals surface area (Å²) in [6, 6.07) is 72.8. The summed E-state index contributed by atoms with van der Waals surface area (Å²) in [5.74, 6) is 2.13. The first-order valence-corrected chi connectivity index (χ1v) is 26.1. The largest absolute Gasteiger partial charge is 0.370 e. The molecule has 0 spiro atoms. The van der Waals surface area contributed by atoms with Crippen LogP contribution in [0.5, 0.6) is 0 Å². The third-order valence-corrected chi connectivity index (χ3v) is 13.5. The van der Waals surface area contributed by atoms with E-state index in [1.54, 1.807) is 0 Å². The Hall–Kier alpha value is -7.54. The number of nitrogens with zero attached hydrogens (tertiary/aromatic N) is 3. The molecule has 0 saturated heterocycles. The van der Waals surface area contributed by atoms with Gasteiger partial charge in [0.2, 0.25) is 0 Å². The van der Waals surface area contributed by atoms with E-state index >= 15 is 0 Å². The maximum Gasteiger partial charge on any atom is 0.128 e. The normalized spacial score (nSPS) is 12.6. The van der Waals surface area contributed by atoms with Gasteiger partial charge in [-0.2, -0.15) is 18.8 Å². The summed E-state index contributed by atoms with van der Waals surface area (Å²) in [5, 5.41) is 24.0. The number of rotatable bonds is 13. The van der Waals surface area contributed by atoms with Gasteiger partial charge in [-0.15, -0.1) is 0 Å². The van der Waals surface area contributed by atoms with E-state index in [1.807, 2.05) is 24.3 Å². The SMILES string of the molecule is N#Cc1ccccc1CCc1cccc2ccccc12.NCCCN.S.c1ccc(C2=NCCCN2)c(CCc2cccc3ccccc23)c1.c1ccc(C2=NCCCN2)c(CCc2cccc3ccccc23)c1. The fourth-order valence-electron chi connectivity index (χ4n) is 9.67. The molecular weight excluding hydrogens is 923 g/mol. The molecule has 0 amide bonds. The minimum Gasteiger partial charge on any atom is -0.370 e.